The van der Waals surface area contributed by atoms with E-state index in [0.29, 0.717) is 13.1 Å². The highest BCUT2D eigenvalue weighted by Gasteiger charge is 2.27. The summed E-state index contributed by atoms with van der Waals surface area (Å²) in [5, 5.41) is 0. The number of hydrogen-bond donors (Lipinski definition) is 0. The third kappa shape index (κ3) is 7.54. The van der Waals surface area contributed by atoms with E-state index in [4.69, 9.17) is 9.47 Å². The predicted molar refractivity (Wildman–Crippen MR) is 119 cm³/mol. The normalized spacial score (nSPS) is 17.1. The van der Waals surface area contributed by atoms with Gasteiger partial charge in [0.05, 0.1) is 6.61 Å². The van der Waals surface area contributed by atoms with Crippen molar-refractivity contribution in [2.75, 3.05) is 32.8 Å². The largest absolute Gasteiger partial charge is 0.493 e. The first-order valence-corrected chi connectivity index (χ1v) is 11.4. The minimum atomic E-state index is -0.462. The van der Waals surface area contributed by atoms with Crippen LogP contribution in [-0.2, 0) is 17.7 Å². The second kappa shape index (κ2) is 11.4. The lowest BCUT2D eigenvalue weighted by Crippen LogP contribution is -2.40. The number of likely N-dealkylation sites (tertiary alicyclic amines) is 1. The van der Waals surface area contributed by atoms with Crippen LogP contribution in [0.2, 0.25) is 0 Å². The highest BCUT2D eigenvalue weighted by Crippen LogP contribution is 2.29. The molecular weight excluding hydrogens is 364 g/mol. The van der Waals surface area contributed by atoms with Gasteiger partial charge in [-0.3, -0.25) is 0 Å². The molecule has 0 spiro atoms. The van der Waals surface area contributed by atoms with Crippen LogP contribution < -0.4 is 4.74 Å². The lowest BCUT2D eigenvalue weighted by Gasteiger charge is -2.32. The number of benzene rings is 1. The fourth-order valence-corrected chi connectivity index (χ4v) is 3.85. The summed E-state index contributed by atoms with van der Waals surface area (Å²) in [4.78, 5) is 16.7. The molecule has 0 aliphatic carbocycles. The number of carbonyl (C=O) groups is 1. The zero-order valence-electron chi connectivity index (χ0n) is 19.1. The summed E-state index contributed by atoms with van der Waals surface area (Å²) in [6.45, 7) is 15.3. The summed E-state index contributed by atoms with van der Waals surface area (Å²) in [5.74, 6) is 0.981. The minimum absolute atomic E-state index is 0.235. The quantitative estimate of drug-likeness (QED) is 0.628. The molecule has 1 amide bonds. The van der Waals surface area contributed by atoms with Gasteiger partial charge in [0.15, 0.2) is 0 Å². The number of hydrogen-bond acceptors (Lipinski definition) is 4. The van der Waals surface area contributed by atoms with Crippen molar-refractivity contribution in [1.82, 2.24) is 9.80 Å². The van der Waals surface area contributed by atoms with Crippen LogP contribution in [0.1, 0.15) is 71.4 Å². The molecule has 0 atom stereocenters. The van der Waals surface area contributed by atoms with Crippen molar-refractivity contribution in [1.29, 1.82) is 0 Å². The first-order valence-electron chi connectivity index (χ1n) is 11.4. The molecule has 2 heterocycles. The Kier molecular flexibility index (Phi) is 9.28. The minimum Gasteiger partial charge on any atom is -0.493 e. The Bertz CT molecular complexity index is 634. The Morgan fingerprint density at radius 3 is 2.48 bits per heavy atom. The fraction of sp³-hybridized carbons (Fsp3) is 0.708. The monoisotopic (exact) mass is 404 g/mol. The fourth-order valence-electron chi connectivity index (χ4n) is 3.85. The molecule has 0 saturated carbocycles. The van der Waals surface area contributed by atoms with E-state index in [1.807, 2.05) is 40.7 Å². The Balaban J connectivity index is 0.00000145. The number of rotatable bonds is 5. The predicted octanol–water partition coefficient (Wildman–Crippen LogP) is 5.26. The molecule has 0 N–H and O–H groups in total. The van der Waals surface area contributed by atoms with Gasteiger partial charge >= 0.3 is 6.09 Å². The van der Waals surface area contributed by atoms with Gasteiger partial charge in [-0.25, -0.2) is 4.79 Å². The summed E-state index contributed by atoms with van der Waals surface area (Å²) in [7, 11) is 0. The third-order valence-electron chi connectivity index (χ3n) is 5.20. The van der Waals surface area contributed by atoms with E-state index in [1.54, 1.807) is 4.90 Å². The van der Waals surface area contributed by atoms with Gasteiger partial charge in [0, 0.05) is 25.2 Å². The van der Waals surface area contributed by atoms with Crippen molar-refractivity contribution in [3.05, 3.63) is 29.3 Å². The standard InChI is InChI=1S/C22H34N2O3.C2H6/c1-22(2,3)27-21(25)24-15-11-19-18(17-24)9-7-10-20(19)26-16-8-14-23-12-5-4-6-13-23;1-2/h7,9-10H,4-6,8,11-17H2,1-3H3;1-2H3. The van der Waals surface area contributed by atoms with Crippen LogP contribution in [-0.4, -0.2) is 54.3 Å². The molecule has 1 aromatic rings. The number of fused-ring (bicyclic) bond motifs is 1. The smallest absolute Gasteiger partial charge is 0.410 e. The van der Waals surface area contributed by atoms with Crippen LogP contribution in [0.3, 0.4) is 0 Å². The topological polar surface area (TPSA) is 42.0 Å². The number of ether oxygens (including phenoxy) is 2. The molecule has 0 aromatic heterocycles. The molecule has 0 radical (unpaired) electrons. The summed E-state index contributed by atoms with van der Waals surface area (Å²) >= 11 is 0. The zero-order valence-corrected chi connectivity index (χ0v) is 19.1. The van der Waals surface area contributed by atoms with Gasteiger partial charge in [-0.15, -0.1) is 0 Å². The average molecular weight is 405 g/mol. The number of piperidine rings is 1. The summed E-state index contributed by atoms with van der Waals surface area (Å²) in [6, 6.07) is 6.17. The first-order chi connectivity index (χ1) is 13.9. The molecule has 1 saturated heterocycles. The van der Waals surface area contributed by atoms with E-state index >= 15 is 0 Å². The van der Waals surface area contributed by atoms with Crippen molar-refractivity contribution in [3.8, 4) is 5.75 Å². The molecule has 1 aromatic carbocycles. The molecular formula is C24H40N2O3. The average Bonchev–Trinajstić information content (AvgIpc) is 2.72. The number of nitrogens with zero attached hydrogens (tertiary/aromatic N) is 2. The summed E-state index contributed by atoms with van der Waals surface area (Å²) < 4.78 is 11.6. The van der Waals surface area contributed by atoms with Crippen molar-refractivity contribution < 1.29 is 14.3 Å². The molecule has 5 nitrogen and oxygen atoms in total. The molecule has 5 heteroatoms. The van der Waals surface area contributed by atoms with Crippen LogP contribution in [0.4, 0.5) is 4.79 Å². The van der Waals surface area contributed by atoms with E-state index in [2.05, 4.69) is 17.0 Å². The maximum absolute atomic E-state index is 12.3. The van der Waals surface area contributed by atoms with Gasteiger partial charge in [0.2, 0.25) is 0 Å². The second-order valence-electron chi connectivity index (χ2n) is 8.65. The lowest BCUT2D eigenvalue weighted by atomic mass is 9.99. The number of amides is 1. The van der Waals surface area contributed by atoms with E-state index < -0.39 is 5.60 Å². The number of carbonyl (C=O) groups excluding carboxylic acids is 1. The Hall–Kier alpha value is -1.75. The maximum Gasteiger partial charge on any atom is 0.410 e. The lowest BCUT2D eigenvalue weighted by molar-refractivity contribution is 0.0223. The van der Waals surface area contributed by atoms with Gasteiger partial charge in [0.25, 0.3) is 0 Å². The van der Waals surface area contributed by atoms with E-state index in [1.165, 1.54) is 43.5 Å². The molecule has 3 rings (SSSR count). The zero-order chi connectivity index (χ0) is 21.3. The van der Waals surface area contributed by atoms with Crippen molar-refractivity contribution in [3.63, 3.8) is 0 Å². The van der Waals surface area contributed by atoms with Crippen LogP contribution in [0.15, 0.2) is 18.2 Å². The van der Waals surface area contributed by atoms with Crippen molar-refractivity contribution in [2.45, 2.75) is 78.9 Å². The Morgan fingerprint density at radius 1 is 1.07 bits per heavy atom. The van der Waals surface area contributed by atoms with E-state index in [0.717, 1.165) is 31.7 Å². The molecule has 2 aliphatic rings. The van der Waals surface area contributed by atoms with Crippen LogP contribution in [0.5, 0.6) is 5.75 Å². The molecule has 29 heavy (non-hydrogen) atoms. The third-order valence-corrected chi connectivity index (χ3v) is 5.20. The summed E-state index contributed by atoms with van der Waals surface area (Å²) in [5.41, 5.74) is 1.95. The highest BCUT2D eigenvalue weighted by molar-refractivity contribution is 5.69. The molecule has 1 fully saturated rings. The maximum atomic E-state index is 12.3. The van der Waals surface area contributed by atoms with Gasteiger partial charge < -0.3 is 19.3 Å². The molecule has 0 unspecified atom stereocenters. The van der Waals surface area contributed by atoms with Gasteiger partial charge in [-0.1, -0.05) is 32.4 Å². The highest BCUT2D eigenvalue weighted by atomic mass is 16.6. The first kappa shape index (κ1) is 23.5. The van der Waals surface area contributed by atoms with Crippen LogP contribution in [0, 0.1) is 0 Å². The van der Waals surface area contributed by atoms with Crippen molar-refractivity contribution >= 4 is 6.09 Å². The van der Waals surface area contributed by atoms with Crippen LogP contribution >= 0.6 is 0 Å². The summed E-state index contributed by atoms with van der Waals surface area (Å²) in [6.07, 6.45) is 5.69. The molecule has 0 bridgehead atoms. The SMILES string of the molecule is CC.CC(C)(C)OC(=O)N1CCc2c(cccc2OCCCN2CCCCC2)C1. The van der Waals surface area contributed by atoms with E-state index in [9.17, 15) is 4.79 Å². The van der Waals surface area contributed by atoms with E-state index in [-0.39, 0.29) is 6.09 Å². The van der Waals surface area contributed by atoms with Crippen LogP contribution in [0.25, 0.3) is 0 Å². The van der Waals surface area contributed by atoms with Crippen molar-refractivity contribution in [2.24, 2.45) is 0 Å². The van der Waals surface area contributed by atoms with Gasteiger partial charge in [-0.05, 0) is 71.2 Å². The van der Waals surface area contributed by atoms with Gasteiger partial charge in [-0.2, -0.15) is 0 Å². The molecule has 2 aliphatic heterocycles. The Labute approximate surface area is 177 Å². The molecule has 164 valence electrons. The van der Waals surface area contributed by atoms with Gasteiger partial charge in [0.1, 0.15) is 11.4 Å². The Morgan fingerprint density at radius 2 is 1.79 bits per heavy atom. The second-order valence-corrected chi connectivity index (χ2v) is 8.65.